The number of ether oxygens (including phenoxy) is 1. The molecule has 1 fully saturated rings. The van der Waals surface area contributed by atoms with E-state index in [1.165, 1.54) is 0 Å². The lowest BCUT2D eigenvalue weighted by Crippen LogP contribution is -2.52. The van der Waals surface area contributed by atoms with E-state index in [0.29, 0.717) is 45.6 Å². The lowest BCUT2D eigenvalue weighted by molar-refractivity contribution is -0.151. The average Bonchev–Trinajstić information content (AvgIpc) is 2.70. The molecule has 6 nitrogen and oxygen atoms in total. The third-order valence-corrected chi connectivity index (χ3v) is 6.00. The third-order valence-electron chi connectivity index (χ3n) is 6.00. The molecule has 6 heteroatoms. The Kier molecular flexibility index (Phi) is 6.27. The Morgan fingerprint density at radius 1 is 1.04 bits per heavy atom. The van der Waals surface area contributed by atoms with E-state index in [9.17, 15) is 14.7 Å². The molecular weight excluding hydrogens is 356 g/mol. The number of piperazine rings is 1. The molecule has 152 valence electrons. The predicted molar refractivity (Wildman–Crippen MR) is 109 cm³/mol. The van der Waals surface area contributed by atoms with Gasteiger partial charge in [0.25, 0.3) is 0 Å². The van der Waals surface area contributed by atoms with Gasteiger partial charge in [-0.1, -0.05) is 23.3 Å². The Labute approximate surface area is 166 Å². The number of rotatable bonds is 5. The van der Waals surface area contributed by atoms with Crippen LogP contribution in [0, 0.1) is 11.8 Å². The number of carboxylic acid groups (broad SMARTS) is 1. The van der Waals surface area contributed by atoms with Crippen molar-refractivity contribution in [3.63, 3.8) is 0 Å². The summed E-state index contributed by atoms with van der Waals surface area (Å²) >= 11 is 0. The van der Waals surface area contributed by atoms with Crippen molar-refractivity contribution in [2.75, 3.05) is 37.7 Å². The number of para-hydroxylation sites is 2. The van der Waals surface area contributed by atoms with Crippen LogP contribution in [0.15, 0.2) is 35.4 Å². The van der Waals surface area contributed by atoms with Crippen molar-refractivity contribution in [3.05, 3.63) is 35.4 Å². The van der Waals surface area contributed by atoms with E-state index >= 15 is 0 Å². The number of aliphatic carboxylic acids is 1. The van der Waals surface area contributed by atoms with Crippen LogP contribution in [0.1, 0.15) is 33.6 Å². The lowest BCUT2D eigenvalue weighted by Gasteiger charge is -2.40. The molecule has 1 aliphatic carbocycles. The molecule has 0 spiro atoms. The molecule has 0 saturated carbocycles. The predicted octanol–water partition coefficient (Wildman–Crippen LogP) is 3.18. The highest BCUT2D eigenvalue weighted by Crippen LogP contribution is 2.36. The third kappa shape index (κ3) is 4.16. The van der Waals surface area contributed by atoms with E-state index in [2.05, 4.69) is 4.90 Å². The Bertz CT molecular complexity index is 766. The molecule has 1 aromatic carbocycles. The molecule has 0 radical (unpaired) electrons. The summed E-state index contributed by atoms with van der Waals surface area (Å²) in [4.78, 5) is 28.9. The highest BCUT2D eigenvalue weighted by Gasteiger charge is 2.39. The van der Waals surface area contributed by atoms with Gasteiger partial charge in [-0.2, -0.15) is 0 Å². The smallest absolute Gasteiger partial charge is 0.307 e. The molecule has 3 rings (SSSR count). The molecule has 28 heavy (non-hydrogen) atoms. The quantitative estimate of drug-likeness (QED) is 0.787. The summed E-state index contributed by atoms with van der Waals surface area (Å²) in [6, 6.07) is 7.96. The van der Waals surface area contributed by atoms with Crippen molar-refractivity contribution in [2.24, 2.45) is 11.8 Å². The van der Waals surface area contributed by atoms with Gasteiger partial charge in [-0.3, -0.25) is 9.59 Å². The Balaban J connectivity index is 1.68. The summed E-state index contributed by atoms with van der Waals surface area (Å²) in [7, 11) is 0. The number of carbonyl (C=O) groups is 2. The molecular formula is C22H30N2O4. The first kappa shape index (κ1) is 20.2. The number of hydrogen-bond donors (Lipinski definition) is 1. The number of benzene rings is 1. The van der Waals surface area contributed by atoms with Gasteiger partial charge in [-0.05, 0) is 45.7 Å². The van der Waals surface area contributed by atoms with Crippen LogP contribution < -0.4 is 9.64 Å². The second-order valence-corrected chi connectivity index (χ2v) is 7.73. The van der Waals surface area contributed by atoms with Crippen LogP contribution in [0.3, 0.4) is 0 Å². The molecule has 2 aliphatic rings. The molecule has 2 atom stereocenters. The van der Waals surface area contributed by atoms with E-state index in [0.717, 1.165) is 22.6 Å². The van der Waals surface area contributed by atoms with E-state index in [4.69, 9.17) is 4.74 Å². The topological polar surface area (TPSA) is 70.1 Å². The van der Waals surface area contributed by atoms with Gasteiger partial charge in [0.1, 0.15) is 5.75 Å². The summed E-state index contributed by atoms with van der Waals surface area (Å²) < 4.78 is 5.73. The number of allylic oxidation sites excluding steroid dienone is 2. The normalized spacial score (nSPS) is 23.0. The van der Waals surface area contributed by atoms with Crippen LogP contribution in [0.5, 0.6) is 5.75 Å². The molecule has 1 N–H and O–H groups in total. The molecule has 1 heterocycles. The number of nitrogens with zero attached hydrogens (tertiary/aromatic N) is 2. The van der Waals surface area contributed by atoms with Crippen molar-refractivity contribution < 1.29 is 19.4 Å². The zero-order valence-corrected chi connectivity index (χ0v) is 17.0. The van der Waals surface area contributed by atoms with Crippen molar-refractivity contribution in [2.45, 2.75) is 33.6 Å². The first-order chi connectivity index (χ1) is 13.4. The number of carboxylic acids is 1. The summed E-state index contributed by atoms with van der Waals surface area (Å²) in [5, 5.41) is 9.62. The van der Waals surface area contributed by atoms with Crippen LogP contribution in [0.25, 0.3) is 0 Å². The molecule has 1 saturated heterocycles. The molecule has 0 bridgehead atoms. The fourth-order valence-corrected chi connectivity index (χ4v) is 4.21. The highest BCUT2D eigenvalue weighted by molar-refractivity contribution is 5.86. The average molecular weight is 386 g/mol. The maximum Gasteiger partial charge on any atom is 0.307 e. The highest BCUT2D eigenvalue weighted by atomic mass is 16.5. The van der Waals surface area contributed by atoms with Gasteiger partial charge in [0.05, 0.1) is 24.1 Å². The Morgan fingerprint density at radius 2 is 1.64 bits per heavy atom. The van der Waals surface area contributed by atoms with Crippen LogP contribution in [0.2, 0.25) is 0 Å². The van der Waals surface area contributed by atoms with Gasteiger partial charge >= 0.3 is 5.97 Å². The summed E-state index contributed by atoms with van der Waals surface area (Å²) in [6.07, 6.45) is 1.02. The zero-order chi connectivity index (χ0) is 20.3. The van der Waals surface area contributed by atoms with Crippen molar-refractivity contribution in [1.29, 1.82) is 0 Å². The SMILES string of the molecule is CCOc1ccccc1N1CCN(C(=O)[C@@H]2CC(C)=C(C)C[C@H]2C(=O)O)CC1. The Hall–Kier alpha value is -2.50. The number of amides is 1. The first-order valence-electron chi connectivity index (χ1n) is 10.1. The minimum absolute atomic E-state index is 0.0167. The van der Waals surface area contributed by atoms with Crippen molar-refractivity contribution >= 4 is 17.6 Å². The Morgan fingerprint density at radius 3 is 2.25 bits per heavy atom. The van der Waals surface area contributed by atoms with E-state index in [1.54, 1.807) is 0 Å². The minimum Gasteiger partial charge on any atom is -0.492 e. The van der Waals surface area contributed by atoms with Gasteiger partial charge in [0.15, 0.2) is 0 Å². The lowest BCUT2D eigenvalue weighted by atomic mass is 9.76. The molecule has 1 aromatic rings. The number of anilines is 1. The van der Waals surface area contributed by atoms with Gasteiger partial charge in [0.2, 0.25) is 5.91 Å². The van der Waals surface area contributed by atoms with Gasteiger partial charge in [0, 0.05) is 26.2 Å². The minimum atomic E-state index is -0.866. The monoisotopic (exact) mass is 386 g/mol. The zero-order valence-electron chi connectivity index (χ0n) is 17.0. The van der Waals surface area contributed by atoms with Crippen LogP contribution in [0.4, 0.5) is 5.69 Å². The van der Waals surface area contributed by atoms with E-state index in [1.807, 2.05) is 49.9 Å². The van der Waals surface area contributed by atoms with Crippen molar-refractivity contribution in [3.8, 4) is 5.75 Å². The molecule has 0 aromatic heterocycles. The fraction of sp³-hybridized carbons (Fsp3) is 0.545. The molecule has 0 unspecified atom stereocenters. The van der Waals surface area contributed by atoms with Gasteiger partial charge in [-0.25, -0.2) is 0 Å². The second kappa shape index (κ2) is 8.67. The number of carbonyl (C=O) groups excluding carboxylic acids is 1. The largest absolute Gasteiger partial charge is 0.492 e. The summed E-state index contributed by atoms with van der Waals surface area (Å²) in [5.74, 6) is -1.10. The van der Waals surface area contributed by atoms with Gasteiger partial charge in [-0.15, -0.1) is 0 Å². The molecule has 1 aliphatic heterocycles. The summed E-state index contributed by atoms with van der Waals surface area (Å²) in [5.41, 5.74) is 3.31. The van der Waals surface area contributed by atoms with E-state index in [-0.39, 0.29) is 5.91 Å². The standard InChI is InChI=1S/C22H30N2O4/c1-4-28-20-8-6-5-7-19(20)23-9-11-24(12-10-23)21(25)17-13-15(2)16(3)14-18(17)22(26)27/h5-8,17-18H,4,9-14H2,1-3H3,(H,26,27)/t17-,18-/m1/s1. The molecule has 1 amide bonds. The van der Waals surface area contributed by atoms with Crippen LogP contribution >= 0.6 is 0 Å². The second-order valence-electron chi connectivity index (χ2n) is 7.73. The first-order valence-corrected chi connectivity index (χ1v) is 10.1. The van der Waals surface area contributed by atoms with Crippen LogP contribution in [-0.2, 0) is 9.59 Å². The number of hydrogen-bond acceptors (Lipinski definition) is 4. The van der Waals surface area contributed by atoms with Crippen LogP contribution in [-0.4, -0.2) is 54.7 Å². The maximum absolute atomic E-state index is 13.1. The van der Waals surface area contributed by atoms with E-state index < -0.39 is 17.8 Å². The summed E-state index contributed by atoms with van der Waals surface area (Å²) in [6.45, 7) is 9.20. The van der Waals surface area contributed by atoms with Crippen molar-refractivity contribution in [1.82, 2.24) is 4.90 Å². The van der Waals surface area contributed by atoms with Gasteiger partial charge < -0.3 is 19.6 Å². The maximum atomic E-state index is 13.1. The fourth-order valence-electron chi connectivity index (χ4n) is 4.21.